The fourth-order valence-corrected chi connectivity index (χ4v) is 4.50. The maximum absolute atomic E-state index is 6.24. The first-order chi connectivity index (χ1) is 14.3. The maximum atomic E-state index is 6.24. The molecule has 0 fully saturated rings. The summed E-state index contributed by atoms with van der Waals surface area (Å²) in [7, 11) is 3.45. The van der Waals surface area contributed by atoms with E-state index in [0.29, 0.717) is 5.90 Å². The first-order valence-corrected chi connectivity index (χ1v) is 12.0. The third-order valence-corrected chi connectivity index (χ3v) is 6.19. The largest absolute Gasteiger partial charge is 0.439 e. The van der Waals surface area contributed by atoms with E-state index in [1.807, 2.05) is 66.7 Å². The van der Waals surface area contributed by atoms with Crippen LogP contribution in [0, 0.1) is 0 Å². The van der Waals surface area contributed by atoms with Gasteiger partial charge in [0.2, 0.25) is 5.90 Å². The molecule has 3 aromatic carbocycles. The predicted molar refractivity (Wildman–Crippen MR) is 128 cm³/mol. The Bertz CT molecular complexity index is 909. The molecule has 2 nitrogen and oxygen atoms in total. The number of ether oxygens (including phenoxy) is 1. The number of hydrogen-bond acceptors (Lipinski definition) is 4. The molecule has 0 aromatic heterocycles. The van der Waals surface area contributed by atoms with E-state index in [0.717, 1.165) is 36.3 Å². The summed E-state index contributed by atoms with van der Waals surface area (Å²) < 4.78 is 6.24. The average molecular weight is 420 g/mol. The van der Waals surface area contributed by atoms with Crippen molar-refractivity contribution in [1.29, 1.82) is 0 Å². The first-order valence-electron chi connectivity index (χ1n) is 9.79. The molecule has 29 heavy (non-hydrogen) atoms. The molecule has 148 valence electrons. The van der Waals surface area contributed by atoms with Crippen LogP contribution >= 0.6 is 21.6 Å². The predicted octanol–water partition coefficient (Wildman–Crippen LogP) is 8.31. The van der Waals surface area contributed by atoms with Gasteiger partial charge in [0, 0.05) is 10.5 Å². The Balaban J connectivity index is 1.86. The first kappa shape index (κ1) is 21.3. The van der Waals surface area contributed by atoms with Crippen molar-refractivity contribution in [3.63, 3.8) is 0 Å². The highest BCUT2D eigenvalue weighted by Crippen LogP contribution is 2.34. The van der Waals surface area contributed by atoms with Gasteiger partial charge in [0.15, 0.2) is 0 Å². The second-order valence-corrected chi connectivity index (χ2v) is 8.55. The van der Waals surface area contributed by atoms with Gasteiger partial charge >= 0.3 is 0 Å². The SMILES string of the molecule is CCCC/C(=C\SSc1ccccc1)C(=Nc1ccccc1)Oc1ccccc1. The van der Waals surface area contributed by atoms with Gasteiger partial charge in [0.25, 0.3) is 0 Å². The maximum Gasteiger partial charge on any atom is 0.223 e. The zero-order valence-electron chi connectivity index (χ0n) is 16.5. The molecule has 0 aliphatic carbocycles. The van der Waals surface area contributed by atoms with Crippen LogP contribution in [0.2, 0.25) is 0 Å². The molecule has 0 saturated heterocycles. The molecule has 3 rings (SSSR count). The van der Waals surface area contributed by atoms with Gasteiger partial charge in [-0.25, -0.2) is 4.99 Å². The van der Waals surface area contributed by atoms with E-state index in [4.69, 9.17) is 9.73 Å². The van der Waals surface area contributed by atoms with Gasteiger partial charge in [-0.2, -0.15) is 0 Å². The topological polar surface area (TPSA) is 21.6 Å². The molecule has 0 aliphatic rings. The van der Waals surface area contributed by atoms with Crippen molar-refractivity contribution in [2.45, 2.75) is 31.1 Å². The van der Waals surface area contributed by atoms with Crippen LogP contribution in [-0.4, -0.2) is 5.90 Å². The van der Waals surface area contributed by atoms with Gasteiger partial charge in [-0.3, -0.25) is 0 Å². The number of para-hydroxylation sites is 2. The second-order valence-electron chi connectivity index (χ2n) is 6.41. The molecule has 0 spiro atoms. The molecule has 0 heterocycles. The Morgan fingerprint density at radius 3 is 2.14 bits per heavy atom. The summed E-state index contributed by atoms with van der Waals surface area (Å²) in [6.45, 7) is 2.20. The quantitative estimate of drug-likeness (QED) is 0.198. The lowest BCUT2D eigenvalue weighted by molar-refractivity contribution is 0.546. The monoisotopic (exact) mass is 419 g/mol. The van der Waals surface area contributed by atoms with Crippen molar-refractivity contribution in [3.05, 3.63) is 102 Å². The van der Waals surface area contributed by atoms with E-state index in [9.17, 15) is 0 Å². The highest BCUT2D eigenvalue weighted by molar-refractivity contribution is 8.77. The third-order valence-electron chi connectivity index (χ3n) is 4.10. The molecule has 0 aliphatic heterocycles. The summed E-state index contributed by atoms with van der Waals surface area (Å²) in [5.74, 6) is 1.46. The number of hydrogen-bond donors (Lipinski definition) is 0. The molecular formula is C25H25NOS2. The number of unbranched alkanes of at least 4 members (excludes halogenated alkanes) is 1. The smallest absolute Gasteiger partial charge is 0.223 e. The van der Waals surface area contributed by atoms with Crippen LogP contribution in [0.3, 0.4) is 0 Å². The van der Waals surface area contributed by atoms with Gasteiger partial charge in [-0.1, -0.05) is 89.5 Å². The van der Waals surface area contributed by atoms with E-state index in [2.05, 4.69) is 36.6 Å². The van der Waals surface area contributed by atoms with E-state index in [1.165, 1.54) is 4.90 Å². The van der Waals surface area contributed by atoms with Crippen LogP contribution < -0.4 is 4.74 Å². The number of benzene rings is 3. The Labute approximate surface area is 181 Å². The lowest BCUT2D eigenvalue weighted by atomic mass is 10.1. The Kier molecular flexibility index (Phi) is 8.95. The number of aliphatic imine (C=N–C) groups is 1. The van der Waals surface area contributed by atoms with Crippen LogP contribution in [0.15, 0.2) is 112 Å². The fourth-order valence-electron chi connectivity index (χ4n) is 2.58. The van der Waals surface area contributed by atoms with Gasteiger partial charge in [-0.05, 0) is 54.6 Å². The van der Waals surface area contributed by atoms with Crippen molar-refractivity contribution in [1.82, 2.24) is 0 Å². The standard InChI is InChI=1S/C25H25NOS2/c1-2-3-13-21(20-28-29-24-18-11-6-12-19-24)25(26-22-14-7-4-8-15-22)27-23-16-9-5-10-17-23/h4-12,14-20H,2-3,13H2,1H3/b21-20+,26-25?. The van der Waals surface area contributed by atoms with Crippen LogP contribution in [0.1, 0.15) is 26.2 Å². The Morgan fingerprint density at radius 2 is 1.48 bits per heavy atom. The molecule has 3 aromatic rings. The van der Waals surface area contributed by atoms with Gasteiger partial charge < -0.3 is 4.74 Å². The molecule has 0 unspecified atom stereocenters. The number of rotatable bonds is 9. The highest BCUT2D eigenvalue weighted by Gasteiger charge is 2.11. The van der Waals surface area contributed by atoms with E-state index < -0.39 is 0 Å². The summed E-state index contributed by atoms with van der Waals surface area (Å²) in [6, 6.07) is 30.2. The van der Waals surface area contributed by atoms with Crippen LogP contribution in [0.25, 0.3) is 0 Å². The molecule has 0 amide bonds. The van der Waals surface area contributed by atoms with Crippen LogP contribution in [0.4, 0.5) is 5.69 Å². The summed E-state index contributed by atoms with van der Waals surface area (Å²) >= 11 is 0. The van der Waals surface area contributed by atoms with Gasteiger partial charge in [0.1, 0.15) is 5.75 Å². The Morgan fingerprint density at radius 1 is 0.862 bits per heavy atom. The molecule has 0 bridgehead atoms. The minimum atomic E-state index is 0.664. The Hall–Kier alpha value is -2.43. The van der Waals surface area contributed by atoms with Crippen molar-refractivity contribution in [2.75, 3.05) is 0 Å². The summed E-state index contributed by atoms with van der Waals surface area (Å²) in [6.07, 6.45) is 3.14. The zero-order chi connectivity index (χ0) is 20.2. The van der Waals surface area contributed by atoms with Gasteiger partial charge in [0.05, 0.1) is 5.69 Å². The molecule has 0 saturated carbocycles. The van der Waals surface area contributed by atoms with Crippen molar-refractivity contribution >= 4 is 33.2 Å². The second kappa shape index (κ2) is 12.2. The highest BCUT2D eigenvalue weighted by atomic mass is 33.1. The lowest BCUT2D eigenvalue weighted by Crippen LogP contribution is -2.12. The zero-order valence-corrected chi connectivity index (χ0v) is 18.2. The average Bonchev–Trinajstić information content (AvgIpc) is 2.78. The van der Waals surface area contributed by atoms with Crippen molar-refractivity contribution < 1.29 is 4.74 Å². The van der Waals surface area contributed by atoms with Crippen molar-refractivity contribution in [2.24, 2.45) is 4.99 Å². The van der Waals surface area contributed by atoms with Gasteiger partial charge in [-0.15, -0.1) is 0 Å². The third kappa shape index (κ3) is 7.48. The van der Waals surface area contributed by atoms with Crippen LogP contribution in [-0.2, 0) is 0 Å². The molecule has 0 N–H and O–H groups in total. The minimum absolute atomic E-state index is 0.664. The number of nitrogens with zero attached hydrogens (tertiary/aromatic N) is 1. The molecule has 0 radical (unpaired) electrons. The van der Waals surface area contributed by atoms with Crippen molar-refractivity contribution in [3.8, 4) is 5.75 Å². The normalized spacial score (nSPS) is 12.0. The van der Waals surface area contributed by atoms with E-state index in [-0.39, 0.29) is 0 Å². The van der Waals surface area contributed by atoms with E-state index >= 15 is 0 Å². The lowest BCUT2D eigenvalue weighted by Gasteiger charge is -2.13. The fraction of sp³-hybridized carbons (Fsp3) is 0.160. The summed E-state index contributed by atoms with van der Waals surface area (Å²) in [5, 5.41) is 2.18. The molecular weight excluding hydrogens is 394 g/mol. The minimum Gasteiger partial charge on any atom is -0.439 e. The van der Waals surface area contributed by atoms with E-state index in [1.54, 1.807) is 21.6 Å². The summed E-state index contributed by atoms with van der Waals surface area (Å²) in [5.41, 5.74) is 2.01. The molecule has 0 atom stereocenters. The molecule has 4 heteroatoms. The summed E-state index contributed by atoms with van der Waals surface area (Å²) in [4.78, 5) is 6.07. The van der Waals surface area contributed by atoms with Crippen LogP contribution in [0.5, 0.6) is 5.75 Å².